The zero-order valence-corrected chi connectivity index (χ0v) is 10.2. The van der Waals surface area contributed by atoms with E-state index in [9.17, 15) is 4.79 Å². The molecule has 1 aromatic heterocycles. The van der Waals surface area contributed by atoms with Gasteiger partial charge in [-0.2, -0.15) is 0 Å². The Bertz CT molecular complexity index is 355. The lowest BCUT2D eigenvalue weighted by Crippen LogP contribution is -2.32. The van der Waals surface area contributed by atoms with Crippen molar-refractivity contribution >= 4 is 6.29 Å². The van der Waals surface area contributed by atoms with E-state index in [-0.39, 0.29) is 0 Å². The molecule has 94 valence electrons. The lowest BCUT2D eigenvalue weighted by atomic mass is 10.1. The van der Waals surface area contributed by atoms with Crippen LogP contribution in [0.2, 0.25) is 0 Å². The fourth-order valence-corrected chi connectivity index (χ4v) is 2.17. The number of carbonyl (C=O) groups excluding carboxylic acids is 1. The molecule has 0 aliphatic carbocycles. The summed E-state index contributed by atoms with van der Waals surface area (Å²) in [5, 5.41) is 0. The van der Waals surface area contributed by atoms with Gasteiger partial charge in [-0.25, -0.2) is 0 Å². The van der Waals surface area contributed by atoms with E-state index < -0.39 is 0 Å². The van der Waals surface area contributed by atoms with Crippen LogP contribution in [0.3, 0.4) is 0 Å². The van der Waals surface area contributed by atoms with Crippen LogP contribution in [-0.4, -0.2) is 37.5 Å². The second-order valence-corrected chi connectivity index (χ2v) is 4.61. The number of furan rings is 1. The molecular weight excluding hydrogens is 218 g/mol. The van der Waals surface area contributed by atoms with Crippen molar-refractivity contribution in [3.63, 3.8) is 0 Å². The summed E-state index contributed by atoms with van der Waals surface area (Å²) < 4.78 is 11.0. The Labute approximate surface area is 102 Å². The molecule has 0 amide bonds. The van der Waals surface area contributed by atoms with Gasteiger partial charge in [-0.3, -0.25) is 9.69 Å². The highest BCUT2D eigenvalue weighted by atomic mass is 16.5. The maximum Gasteiger partial charge on any atom is 0.185 e. The standard InChI is InChI=1S/C13H19NO3/c1-14(8-11-4-2-3-7-16-11)9-12-5-6-13(10-15)17-12/h5-6,10-11H,2-4,7-9H2,1H3. The van der Waals surface area contributed by atoms with Crippen LogP contribution in [0.15, 0.2) is 16.5 Å². The summed E-state index contributed by atoms with van der Waals surface area (Å²) in [4.78, 5) is 12.7. The van der Waals surface area contributed by atoms with Gasteiger partial charge in [0.2, 0.25) is 0 Å². The molecule has 17 heavy (non-hydrogen) atoms. The Hall–Kier alpha value is -1.13. The molecule has 4 nitrogen and oxygen atoms in total. The van der Waals surface area contributed by atoms with Gasteiger partial charge in [0.05, 0.1) is 12.6 Å². The van der Waals surface area contributed by atoms with E-state index in [0.717, 1.165) is 31.6 Å². The summed E-state index contributed by atoms with van der Waals surface area (Å²) in [6.07, 6.45) is 4.65. The predicted octanol–water partition coefficient (Wildman–Crippen LogP) is 2.09. The Morgan fingerprint density at radius 2 is 2.35 bits per heavy atom. The first-order valence-corrected chi connectivity index (χ1v) is 6.12. The second-order valence-electron chi connectivity index (χ2n) is 4.61. The van der Waals surface area contributed by atoms with Crippen LogP contribution >= 0.6 is 0 Å². The van der Waals surface area contributed by atoms with Crippen molar-refractivity contribution in [3.05, 3.63) is 23.7 Å². The van der Waals surface area contributed by atoms with Crippen molar-refractivity contribution in [2.45, 2.75) is 31.9 Å². The molecule has 1 unspecified atom stereocenters. The van der Waals surface area contributed by atoms with E-state index in [1.54, 1.807) is 6.07 Å². The van der Waals surface area contributed by atoms with Gasteiger partial charge in [-0.05, 0) is 38.4 Å². The third-order valence-corrected chi connectivity index (χ3v) is 3.01. The SMILES string of the molecule is CN(Cc1ccc(C=O)o1)CC1CCCCO1. The van der Waals surface area contributed by atoms with Crippen molar-refractivity contribution < 1.29 is 13.9 Å². The highest BCUT2D eigenvalue weighted by Gasteiger charge is 2.16. The van der Waals surface area contributed by atoms with E-state index >= 15 is 0 Å². The Kier molecular flexibility index (Phi) is 4.34. The molecule has 1 saturated heterocycles. The van der Waals surface area contributed by atoms with Crippen molar-refractivity contribution in [3.8, 4) is 0 Å². The number of rotatable bonds is 5. The molecule has 0 radical (unpaired) electrons. The molecule has 0 saturated carbocycles. The van der Waals surface area contributed by atoms with Crippen LogP contribution in [0.4, 0.5) is 0 Å². The Morgan fingerprint density at radius 1 is 1.47 bits per heavy atom. The van der Waals surface area contributed by atoms with Crippen molar-refractivity contribution in [1.29, 1.82) is 0 Å². The summed E-state index contributed by atoms with van der Waals surface area (Å²) in [5.41, 5.74) is 0. The molecule has 2 rings (SSSR count). The zero-order chi connectivity index (χ0) is 12.1. The van der Waals surface area contributed by atoms with Gasteiger partial charge >= 0.3 is 0 Å². The van der Waals surface area contributed by atoms with Gasteiger partial charge in [-0.15, -0.1) is 0 Å². The average Bonchev–Trinajstić information content (AvgIpc) is 2.78. The fourth-order valence-electron chi connectivity index (χ4n) is 2.17. The van der Waals surface area contributed by atoms with Crippen molar-refractivity contribution in [2.75, 3.05) is 20.2 Å². The largest absolute Gasteiger partial charge is 0.457 e. The fraction of sp³-hybridized carbons (Fsp3) is 0.615. The van der Waals surface area contributed by atoms with E-state index in [4.69, 9.17) is 9.15 Å². The molecule has 1 aromatic rings. The molecular formula is C13H19NO3. The number of aldehydes is 1. The van der Waals surface area contributed by atoms with Gasteiger partial charge in [-0.1, -0.05) is 0 Å². The third-order valence-electron chi connectivity index (χ3n) is 3.01. The number of hydrogen-bond acceptors (Lipinski definition) is 4. The number of ether oxygens (including phenoxy) is 1. The smallest absolute Gasteiger partial charge is 0.185 e. The van der Waals surface area contributed by atoms with E-state index in [2.05, 4.69) is 4.90 Å². The number of likely N-dealkylation sites (N-methyl/N-ethyl adjacent to an activating group) is 1. The minimum atomic E-state index is 0.342. The molecule has 0 spiro atoms. The molecule has 2 heterocycles. The molecule has 0 bridgehead atoms. The summed E-state index contributed by atoms with van der Waals surface area (Å²) >= 11 is 0. The molecule has 0 N–H and O–H groups in total. The average molecular weight is 237 g/mol. The maximum atomic E-state index is 10.5. The van der Waals surface area contributed by atoms with Crippen LogP contribution < -0.4 is 0 Å². The molecule has 1 fully saturated rings. The van der Waals surface area contributed by atoms with E-state index in [1.165, 1.54) is 12.8 Å². The highest BCUT2D eigenvalue weighted by molar-refractivity contribution is 5.70. The minimum absolute atomic E-state index is 0.342. The predicted molar refractivity (Wildman–Crippen MR) is 64.0 cm³/mol. The summed E-state index contributed by atoms with van der Waals surface area (Å²) in [7, 11) is 2.04. The topological polar surface area (TPSA) is 42.7 Å². The zero-order valence-electron chi connectivity index (χ0n) is 10.2. The summed E-state index contributed by atoms with van der Waals surface area (Å²) in [5.74, 6) is 1.22. The normalized spacial score (nSPS) is 20.7. The summed E-state index contributed by atoms with van der Waals surface area (Å²) in [6.45, 7) is 2.51. The van der Waals surface area contributed by atoms with Crippen LogP contribution in [0.25, 0.3) is 0 Å². The Morgan fingerprint density at radius 3 is 3.00 bits per heavy atom. The van der Waals surface area contributed by atoms with Gasteiger partial charge in [0, 0.05) is 13.2 Å². The number of carbonyl (C=O) groups is 1. The van der Waals surface area contributed by atoms with Gasteiger partial charge < -0.3 is 9.15 Å². The van der Waals surface area contributed by atoms with Gasteiger partial charge in [0.1, 0.15) is 5.76 Å². The number of nitrogens with zero attached hydrogens (tertiary/aromatic N) is 1. The molecule has 0 aromatic carbocycles. The van der Waals surface area contributed by atoms with Crippen molar-refractivity contribution in [1.82, 2.24) is 4.90 Å². The van der Waals surface area contributed by atoms with Gasteiger partial charge in [0.25, 0.3) is 0 Å². The monoisotopic (exact) mass is 237 g/mol. The Balaban J connectivity index is 1.79. The quantitative estimate of drug-likeness (QED) is 0.735. The molecule has 1 aliphatic rings. The number of hydrogen-bond donors (Lipinski definition) is 0. The minimum Gasteiger partial charge on any atom is -0.457 e. The molecule has 4 heteroatoms. The first kappa shape index (κ1) is 12.3. The van der Waals surface area contributed by atoms with Crippen LogP contribution in [-0.2, 0) is 11.3 Å². The third kappa shape index (κ3) is 3.68. The van der Waals surface area contributed by atoms with Crippen LogP contribution in [0, 0.1) is 0 Å². The van der Waals surface area contributed by atoms with Crippen LogP contribution in [0.5, 0.6) is 0 Å². The van der Waals surface area contributed by atoms with E-state index in [1.807, 2.05) is 13.1 Å². The second kappa shape index (κ2) is 5.98. The lowest BCUT2D eigenvalue weighted by Gasteiger charge is -2.26. The molecule has 1 aliphatic heterocycles. The van der Waals surface area contributed by atoms with Gasteiger partial charge in [0.15, 0.2) is 12.0 Å². The maximum absolute atomic E-state index is 10.5. The van der Waals surface area contributed by atoms with E-state index in [0.29, 0.717) is 18.4 Å². The van der Waals surface area contributed by atoms with Crippen molar-refractivity contribution in [2.24, 2.45) is 0 Å². The summed E-state index contributed by atoms with van der Waals surface area (Å²) in [6, 6.07) is 3.55. The van der Waals surface area contributed by atoms with Crippen LogP contribution in [0.1, 0.15) is 35.6 Å². The lowest BCUT2D eigenvalue weighted by molar-refractivity contribution is -0.00341. The first-order valence-electron chi connectivity index (χ1n) is 6.12. The highest BCUT2D eigenvalue weighted by Crippen LogP contribution is 2.15. The molecule has 1 atom stereocenters. The first-order chi connectivity index (χ1) is 8.28.